The maximum Gasteiger partial charge on any atom is 0.0624 e. The first kappa shape index (κ1) is 10.4. The van der Waals surface area contributed by atoms with Gasteiger partial charge in [0.15, 0.2) is 0 Å². The second-order valence-corrected chi connectivity index (χ2v) is 2.20. The summed E-state index contributed by atoms with van der Waals surface area (Å²) in [6.07, 6.45) is 0. The highest BCUT2D eigenvalue weighted by Crippen LogP contribution is 2.06. The van der Waals surface area contributed by atoms with Crippen molar-refractivity contribution in [2.45, 2.75) is 6.04 Å². The van der Waals surface area contributed by atoms with Crippen LogP contribution in [0.2, 0.25) is 0 Å². The highest BCUT2D eigenvalue weighted by atomic mass is 35.5. The van der Waals surface area contributed by atoms with E-state index in [1.165, 1.54) is 0 Å². The van der Waals surface area contributed by atoms with E-state index in [1.807, 2.05) is 30.3 Å². The summed E-state index contributed by atoms with van der Waals surface area (Å²) in [4.78, 5) is 0. The summed E-state index contributed by atoms with van der Waals surface area (Å²) >= 11 is 0. The van der Waals surface area contributed by atoms with E-state index in [4.69, 9.17) is 10.8 Å². The standard InChI is InChI=1S/C8H11NO.ClH/c9-8(6-10)7-4-2-1-3-5-7;/h1-5,8,10H,6,9H2;1H/t8-;/m1./s1. The number of hydrogen-bond acceptors (Lipinski definition) is 2. The van der Waals surface area contributed by atoms with E-state index >= 15 is 0 Å². The topological polar surface area (TPSA) is 46.2 Å². The van der Waals surface area contributed by atoms with Crippen molar-refractivity contribution in [1.82, 2.24) is 0 Å². The van der Waals surface area contributed by atoms with Crippen molar-refractivity contribution in [3.8, 4) is 0 Å². The van der Waals surface area contributed by atoms with Crippen LogP contribution in [-0.4, -0.2) is 11.7 Å². The average molecular weight is 174 g/mol. The molecule has 1 rings (SSSR count). The molecule has 0 amide bonds. The van der Waals surface area contributed by atoms with Gasteiger partial charge in [0.2, 0.25) is 0 Å². The summed E-state index contributed by atoms with van der Waals surface area (Å²) in [7, 11) is 0. The van der Waals surface area contributed by atoms with Crippen molar-refractivity contribution in [2.75, 3.05) is 6.61 Å². The second kappa shape index (κ2) is 5.13. The third kappa shape index (κ3) is 2.89. The Balaban J connectivity index is 0.000001000. The highest BCUT2D eigenvalue weighted by molar-refractivity contribution is 5.85. The summed E-state index contributed by atoms with van der Waals surface area (Å²) in [5.74, 6) is 0. The average Bonchev–Trinajstić information content (AvgIpc) is 2.05. The van der Waals surface area contributed by atoms with Crippen molar-refractivity contribution in [1.29, 1.82) is 0 Å². The Hall–Kier alpha value is -0.570. The zero-order valence-electron chi connectivity index (χ0n) is 6.10. The van der Waals surface area contributed by atoms with Gasteiger partial charge >= 0.3 is 0 Å². The zero-order valence-corrected chi connectivity index (χ0v) is 6.92. The summed E-state index contributed by atoms with van der Waals surface area (Å²) in [5.41, 5.74) is 6.52. The van der Waals surface area contributed by atoms with E-state index in [2.05, 4.69) is 0 Å². The first-order chi connectivity index (χ1) is 4.84. The zero-order chi connectivity index (χ0) is 7.40. The molecule has 0 fully saturated rings. The predicted molar refractivity (Wildman–Crippen MR) is 47.7 cm³/mol. The fourth-order valence-corrected chi connectivity index (χ4v) is 0.806. The monoisotopic (exact) mass is 173 g/mol. The lowest BCUT2D eigenvalue weighted by Crippen LogP contribution is -2.13. The van der Waals surface area contributed by atoms with Gasteiger partial charge < -0.3 is 10.8 Å². The van der Waals surface area contributed by atoms with Crippen LogP contribution >= 0.6 is 12.4 Å². The van der Waals surface area contributed by atoms with Gasteiger partial charge in [-0.3, -0.25) is 0 Å². The number of aliphatic hydroxyl groups is 1. The van der Waals surface area contributed by atoms with Crippen LogP contribution in [0.5, 0.6) is 0 Å². The molecule has 1 atom stereocenters. The van der Waals surface area contributed by atoms with Gasteiger partial charge in [-0.2, -0.15) is 0 Å². The van der Waals surface area contributed by atoms with Gasteiger partial charge in [0.05, 0.1) is 12.6 Å². The molecular weight excluding hydrogens is 162 g/mol. The molecule has 0 spiro atoms. The minimum absolute atomic E-state index is 0. The predicted octanol–water partition coefficient (Wildman–Crippen LogP) is 1.10. The maximum absolute atomic E-state index is 8.66. The van der Waals surface area contributed by atoms with Gasteiger partial charge in [-0.05, 0) is 5.56 Å². The van der Waals surface area contributed by atoms with Crippen LogP contribution in [0.15, 0.2) is 30.3 Å². The van der Waals surface area contributed by atoms with E-state index in [0.29, 0.717) is 0 Å². The molecule has 0 bridgehead atoms. The molecule has 1 aromatic carbocycles. The van der Waals surface area contributed by atoms with Crippen LogP contribution in [0.4, 0.5) is 0 Å². The minimum Gasteiger partial charge on any atom is -0.394 e. The first-order valence-corrected chi connectivity index (χ1v) is 3.26. The minimum atomic E-state index is -0.235. The van der Waals surface area contributed by atoms with Gasteiger partial charge in [0.1, 0.15) is 0 Å². The summed E-state index contributed by atoms with van der Waals surface area (Å²) in [5, 5.41) is 8.66. The Morgan fingerprint density at radius 3 is 2.27 bits per heavy atom. The van der Waals surface area contributed by atoms with Gasteiger partial charge in [-0.15, -0.1) is 12.4 Å². The van der Waals surface area contributed by atoms with Crippen LogP contribution in [0, 0.1) is 0 Å². The van der Waals surface area contributed by atoms with Crippen molar-refractivity contribution >= 4 is 12.4 Å². The molecule has 3 N–H and O–H groups in total. The van der Waals surface area contributed by atoms with Crippen molar-refractivity contribution in [3.05, 3.63) is 35.9 Å². The molecule has 0 heterocycles. The van der Waals surface area contributed by atoms with Crippen LogP contribution in [-0.2, 0) is 0 Å². The number of rotatable bonds is 2. The Bertz CT molecular complexity index is 191. The fraction of sp³-hybridized carbons (Fsp3) is 0.250. The molecule has 0 aliphatic carbocycles. The van der Waals surface area contributed by atoms with Crippen LogP contribution in [0.25, 0.3) is 0 Å². The first-order valence-electron chi connectivity index (χ1n) is 3.26. The lowest BCUT2D eigenvalue weighted by molar-refractivity contribution is 0.268. The second-order valence-electron chi connectivity index (χ2n) is 2.20. The molecule has 0 unspecified atom stereocenters. The molecule has 3 heteroatoms. The lowest BCUT2D eigenvalue weighted by atomic mass is 10.1. The highest BCUT2D eigenvalue weighted by Gasteiger charge is 2.00. The molecule has 0 aliphatic heterocycles. The van der Waals surface area contributed by atoms with Crippen LogP contribution in [0.3, 0.4) is 0 Å². The molecule has 1 aromatic rings. The molecule has 0 radical (unpaired) electrons. The number of nitrogens with two attached hydrogens (primary N) is 1. The number of aliphatic hydroxyl groups excluding tert-OH is 1. The normalized spacial score (nSPS) is 11.8. The number of benzene rings is 1. The summed E-state index contributed by atoms with van der Waals surface area (Å²) in [6, 6.07) is 9.31. The van der Waals surface area contributed by atoms with Crippen molar-refractivity contribution in [3.63, 3.8) is 0 Å². The SMILES string of the molecule is Cl.N[C@H](CO)c1ccccc1. The maximum atomic E-state index is 8.66. The Morgan fingerprint density at radius 2 is 1.82 bits per heavy atom. The van der Waals surface area contributed by atoms with E-state index < -0.39 is 0 Å². The van der Waals surface area contributed by atoms with Crippen molar-refractivity contribution < 1.29 is 5.11 Å². The molecule has 0 saturated carbocycles. The van der Waals surface area contributed by atoms with E-state index in [9.17, 15) is 0 Å². The van der Waals surface area contributed by atoms with E-state index in [0.717, 1.165) is 5.56 Å². The van der Waals surface area contributed by atoms with Crippen molar-refractivity contribution in [2.24, 2.45) is 5.73 Å². The molecular formula is C8H12ClNO. The molecule has 11 heavy (non-hydrogen) atoms. The largest absolute Gasteiger partial charge is 0.394 e. The van der Waals surface area contributed by atoms with Crippen LogP contribution in [0.1, 0.15) is 11.6 Å². The Labute approximate surface area is 72.4 Å². The Morgan fingerprint density at radius 1 is 1.27 bits per heavy atom. The van der Waals surface area contributed by atoms with E-state index in [-0.39, 0.29) is 25.1 Å². The van der Waals surface area contributed by atoms with E-state index in [1.54, 1.807) is 0 Å². The van der Waals surface area contributed by atoms with Gasteiger partial charge in [-0.25, -0.2) is 0 Å². The van der Waals surface area contributed by atoms with Gasteiger partial charge in [0, 0.05) is 0 Å². The fourth-order valence-electron chi connectivity index (χ4n) is 0.806. The van der Waals surface area contributed by atoms with Gasteiger partial charge in [0.25, 0.3) is 0 Å². The van der Waals surface area contributed by atoms with Crippen LogP contribution < -0.4 is 5.73 Å². The summed E-state index contributed by atoms with van der Waals surface area (Å²) < 4.78 is 0. The molecule has 2 nitrogen and oxygen atoms in total. The summed E-state index contributed by atoms with van der Waals surface area (Å²) in [6.45, 7) is 0.00398. The lowest BCUT2D eigenvalue weighted by Gasteiger charge is -2.06. The quantitative estimate of drug-likeness (QED) is 0.704. The molecule has 62 valence electrons. The van der Waals surface area contributed by atoms with Gasteiger partial charge in [-0.1, -0.05) is 30.3 Å². The molecule has 0 aromatic heterocycles. The third-order valence-corrected chi connectivity index (χ3v) is 1.42. The number of hydrogen-bond donors (Lipinski definition) is 2. The number of halogens is 1. The third-order valence-electron chi connectivity index (χ3n) is 1.42. The Kier molecular flexibility index (Phi) is 4.86. The smallest absolute Gasteiger partial charge is 0.0624 e. The molecule has 0 saturated heterocycles. The molecule has 0 aliphatic rings.